The molecule has 0 spiro atoms. The highest BCUT2D eigenvalue weighted by molar-refractivity contribution is 5.67. The maximum Gasteiger partial charge on any atom is 0.417 e. The number of anilines is 2. The fourth-order valence-electron chi connectivity index (χ4n) is 4.05. The Kier molecular flexibility index (Phi) is 5.31. The second-order valence-electron chi connectivity index (χ2n) is 7.89. The number of nitrogens with two attached hydrogens (primary N) is 1. The van der Waals surface area contributed by atoms with Crippen LogP contribution in [0.4, 0.5) is 24.9 Å². The molecule has 2 aromatic rings. The first-order valence-electron chi connectivity index (χ1n) is 9.99. The monoisotopic (exact) mass is 422 g/mol. The Bertz CT molecular complexity index is 926. The molecule has 1 aliphatic carbocycles. The zero-order valence-electron chi connectivity index (χ0n) is 17.0. The van der Waals surface area contributed by atoms with Gasteiger partial charge in [0.2, 0.25) is 5.95 Å². The summed E-state index contributed by atoms with van der Waals surface area (Å²) in [4.78, 5) is 15.2. The summed E-state index contributed by atoms with van der Waals surface area (Å²) in [6, 6.07) is 2.51. The number of nitrogen functional groups attached to an aromatic ring is 1. The van der Waals surface area contributed by atoms with E-state index in [1.54, 1.807) is 6.07 Å². The third-order valence-corrected chi connectivity index (χ3v) is 6.02. The molecular weight excluding hydrogens is 397 g/mol. The number of aromatic nitrogens is 3. The van der Waals surface area contributed by atoms with Gasteiger partial charge in [-0.2, -0.15) is 13.2 Å². The van der Waals surface area contributed by atoms with Crippen LogP contribution in [-0.2, 0) is 16.5 Å². The molecule has 2 aliphatic rings. The van der Waals surface area contributed by atoms with Crippen molar-refractivity contribution in [1.82, 2.24) is 20.3 Å². The van der Waals surface area contributed by atoms with Crippen LogP contribution in [0.25, 0.3) is 11.3 Å². The van der Waals surface area contributed by atoms with E-state index in [4.69, 9.17) is 15.5 Å². The molecule has 2 fully saturated rings. The number of nitrogens with one attached hydrogen (secondary N) is 1. The number of hydrogen-bond acceptors (Lipinski definition) is 7. The second kappa shape index (κ2) is 7.66. The predicted molar refractivity (Wildman–Crippen MR) is 107 cm³/mol. The van der Waals surface area contributed by atoms with Gasteiger partial charge in [0.15, 0.2) is 0 Å². The Morgan fingerprint density at radius 1 is 1.27 bits per heavy atom. The normalized spacial score (nSPS) is 21.4. The van der Waals surface area contributed by atoms with Crippen molar-refractivity contribution in [2.24, 2.45) is 0 Å². The summed E-state index contributed by atoms with van der Waals surface area (Å²) < 4.78 is 46.7. The third kappa shape index (κ3) is 3.69. The van der Waals surface area contributed by atoms with E-state index in [2.05, 4.69) is 15.3 Å². The number of alkyl halides is 3. The summed E-state index contributed by atoms with van der Waals surface area (Å²) in [6.07, 6.45) is -0.681. The molecule has 1 saturated carbocycles. The summed E-state index contributed by atoms with van der Waals surface area (Å²) in [5.74, 6) is 0.220. The van der Waals surface area contributed by atoms with Crippen LogP contribution in [0.15, 0.2) is 18.3 Å². The van der Waals surface area contributed by atoms with Crippen LogP contribution in [0.3, 0.4) is 0 Å². The molecule has 0 radical (unpaired) electrons. The molecule has 0 aromatic carbocycles. The molecule has 0 amide bonds. The fourth-order valence-corrected chi connectivity index (χ4v) is 4.05. The summed E-state index contributed by atoms with van der Waals surface area (Å²) >= 11 is 0. The van der Waals surface area contributed by atoms with Gasteiger partial charge in [0.25, 0.3) is 0 Å². The van der Waals surface area contributed by atoms with Crippen molar-refractivity contribution in [2.45, 2.75) is 43.9 Å². The van der Waals surface area contributed by atoms with Crippen molar-refractivity contribution in [3.8, 4) is 11.3 Å². The predicted octanol–water partition coefficient (Wildman–Crippen LogP) is 2.96. The number of hydrogen-bond donors (Lipinski definition) is 2. The van der Waals surface area contributed by atoms with Gasteiger partial charge < -0.3 is 20.7 Å². The molecule has 1 atom stereocenters. The van der Waals surface area contributed by atoms with Crippen LogP contribution in [0.5, 0.6) is 0 Å². The Labute approximate surface area is 172 Å². The number of rotatable bonds is 4. The highest BCUT2D eigenvalue weighted by Crippen LogP contribution is 2.43. The Hall–Kier alpha value is -2.46. The second-order valence-corrected chi connectivity index (χ2v) is 7.89. The van der Waals surface area contributed by atoms with Crippen LogP contribution in [0.2, 0.25) is 0 Å². The molecule has 10 heteroatoms. The number of nitrogens with zero attached hydrogens (tertiary/aromatic N) is 4. The molecule has 7 nitrogen and oxygen atoms in total. The van der Waals surface area contributed by atoms with Gasteiger partial charge in [-0.05, 0) is 45.4 Å². The van der Waals surface area contributed by atoms with E-state index >= 15 is 0 Å². The van der Waals surface area contributed by atoms with E-state index in [1.807, 2.05) is 18.9 Å². The fraction of sp³-hybridized carbons (Fsp3) is 0.550. The Morgan fingerprint density at radius 2 is 2.03 bits per heavy atom. The molecule has 4 rings (SSSR count). The number of morpholine rings is 1. The molecule has 2 aromatic heterocycles. The van der Waals surface area contributed by atoms with Crippen LogP contribution in [-0.4, -0.2) is 47.8 Å². The minimum Gasteiger partial charge on any atom is -0.384 e. The van der Waals surface area contributed by atoms with Gasteiger partial charge in [0.1, 0.15) is 5.82 Å². The number of ether oxygens (including phenoxy) is 1. The molecule has 0 unspecified atom stereocenters. The van der Waals surface area contributed by atoms with Crippen LogP contribution < -0.4 is 16.0 Å². The first-order valence-corrected chi connectivity index (χ1v) is 9.99. The van der Waals surface area contributed by atoms with Crippen molar-refractivity contribution in [1.29, 1.82) is 0 Å². The van der Waals surface area contributed by atoms with Crippen LogP contribution >= 0.6 is 0 Å². The molecule has 1 aliphatic heterocycles. The summed E-state index contributed by atoms with van der Waals surface area (Å²) in [5.41, 5.74) is 5.11. The molecule has 3 heterocycles. The van der Waals surface area contributed by atoms with Crippen molar-refractivity contribution in [2.75, 3.05) is 37.4 Å². The minimum absolute atomic E-state index is 0.0143. The highest BCUT2D eigenvalue weighted by Gasteiger charge is 2.40. The highest BCUT2D eigenvalue weighted by atomic mass is 19.4. The molecule has 30 heavy (non-hydrogen) atoms. The summed E-state index contributed by atoms with van der Waals surface area (Å²) in [6.45, 7) is 3.58. The molecule has 0 bridgehead atoms. The SMILES string of the molecule is CNC1(c2cc(-c3cnc(N)cc3C(F)(F)F)nc(N3CCOC[C@@H]3C)n2)CCC1. The van der Waals surface area contributed by atoms with E-state index < -0.39 is 11.7 Å². The van der Waals surface area contributed by atoms with Gasteiger partial charge in [0.05, 0.1) is 41.7 Å². The van der Waals surface area contributed by atoms with Gasteiger partial charge in [-0.3, -0.25) is 0 Å². The lowest BCUT2D eigenvalue weighted by Gasteiger charge is -2.42. The molecule has 3 N–H and O–H groups in total. The van der Waals surface area contributed by atoms with E-state index in [-0.39, 0.29) is 28.7 Å². The van der Waals surface area contributed by atoms with Gasteiger partial charge in [-0.1, -0.05) is 0 Å². The molecule has 1 saturated heterocycles. The smallest absolute Gasteiger partial charge is 0.384 e. The third-order valence-electron chi connectivity index (χ3n) is 6.02. The topological polar surface area (TPSA) is 89.2 Å². The largest absolute Gasteiger partial charge is 0.417 e. The van der Waals surface area contributed by atoms with Crippen molar-refractivity contribution < 1.29 is 17.9 Å². The lowest BCUT2D eigenvalue weighted by Crippen LogP contribution is -2.48. The van der Waals surface area contributed by atoms with Gasteiger partial charge in [-0.15, -0.1) is 0 Å². The van der Waals surface area contributed by atoms with E-state index in [1.165, 1.54) is 0 Å². The molecule has 162 valence electrons. The first-order chi connectivity index (χ1) is 14.2. The zero-order chi connectivity index (χ0) is 21.5. The Morgan fingerprint density at radius 3 is 2.63 bits per heavy atom. The lowest BCUT2D eigenvalue weighted by molar-refractivity contribution is -0.137. The van der Waals surface area contributed by atoms with E-state index in [0.29, 0.717) is 31.4 Å². The summed E-state index contributed by atoms with van der Waals surface area (Å²) in [7, 11) is 1.85. The van der Waals surface area contributed by atoms with Crippen molar-refractivity contribution in [3.05, 3.63) is 29.6 Å². The minimum atomic E-state index is -4.58. The van der Waals surface area contributed by atoms with Gasteiger partial charge >= 0.3 is 6.18 Å². The maximum absolute atomic E-state index is 13.7. The van der Waals surface area contributed by atoms with Gasteiger partial charge in [0, 0.05) is 18.3 Å². The van der Waals surface area contributed by atoms with Crippen molar-refractivity contribution in [3.63, 3.8) is 0 Å². The van der Waals surface area contributed by atoms with Crippen LogP contribution in [0, 0.1) is 0 Å². The zero-order valence-corrected chi connectivity index (χ0v) is 17.0. The summed E-state index contributed by atoms with van der Waals surface area (Å²) in [5, 5.41) is 3.31. The van der Waals surface area contributed by atoms with E-state index in [9.17, 15) is 13.2 Å². The average molecular weight is 422 g/mol. The lowest BCUT2D eigenvalue weighted by atomic mass is 9.74. The molecular formula is C20H25F3N6O. The Balaban J connectivity index is 1.89. The standard InChI is InChI=1S/C20H25F3N6O/c1-12-11-30-7-6-29(12)18-27-15(9-16(28-18)19(25-2)4-3-5-19)13-10-26-17(24)8-14(13)20(21,22)23/h8-10,12,25H,3-7,11H2,1-2H3,(H2,24,26)/t12-/m0/s1. The quantitative estimate of drug-likeness (QED) is 0.783. The van der Waals surface area contributed by atoms with Gasteiger partial charge in [-0.25, -0.2) is 15.0 Å². The van der Waals surface area contributed by atoms with Crippen molar-refractivity contribution >= 4 is 11.8 Å². The van der Waals surface area contributed by atoms with E-state index in [0.717, 1.165) is 31.5 Å². The number of halogens is 3. The van der Waals surface area contributed by atoms with Crippen LogP contribution in [0.1, 0.15) is 37.4 Å². The number of pyridine rings is 1. The maximum atomic E-state index is 13.7. The first kappa shape index (κ1) is 20.8. The average Bonchev–Trinajstić information content (AvgIpc) is 2.67.